The Labute approximate surface area is 156 Å². The zero-order chi connectivity index (χ0) is 21.6. The number of nitro groups is 1. The molecule has 29 heavy (non-hydrogen) atoms. The van der Waals surface area contributed by atoms with Crippen LogP contribution < -0.4 is 10.6 Å². The molecule has 0 spiro atoms. The Hall–Kier alpha value is -4.16. The first-order valence-electron chi connectivity index (χ1n) is 7.39. The third-order valence-corrected chi connectivity index (χ3v) is 3.79. The molecule has 4 rings (SSSR count). The number of nitrogens with one attached hydrogen (secondary N) is 2. The van der Waals surface area contributed by atoms with Gasteiger partial charge in [0.1, 0.15) is 11.6 Å². The number of Topliss-reactive ketones (excluding diaryl/α,β-unsaturated/α-hetero) is 2. The molecular weight excluding hydrogens is 406 g/mol. The van der Waals surface area contributed by atoms with E-state index in [1.807, 2.05) is 5.32 Å². The number of amides is 2. The van der Waals surface area contributed by atoms with E-state index < -0.39 is 68.5 Å². The van der Waals surface area contributed by atoms with Crippen molar-refractivity contribution in [3.8, 4) is 0 Å². The Bertz CT molecular complexity index is 1160. The Morgan fingerprint density at radius 3 is 1.83 bits per heavy atom. The van der Waals surface area contributed by atoms with Crippen molar-refractivity contribution >= 4 is 40.4 Å². The van der Waals surface area contributed by atoms with E-state index >= 15 is 0 Å². The molecule has 0 unspecified atom stereocenters. The predicted molar refractivity (Wildman–Crippen MR) is 85.3 cm³/mol. The van der Waals surface area contributed by atoms with E-state index in [1.165, 1.54) is 0 Å². The van der Waals surface area contributed by atoms with Crippen molar-refractivity contribution in [2.45, 2.75) is 0 Å². The second-order valence-corrected chi connectivity index (χ2v) is 5.58. The van der Waals surface area contributed by atoms with Crippen LogP contribution in [0.5, 0.6) is 0 Å². The molecule has 0 bridgehead atoms. The molecule has 13 heteroatoms. The monoisotopic (exact) mass is 411 g/mol. The topological polar surface area (TPSA) is 135 Å². The number of fused-ring (bicyclic) bond motifs is 2. The summed E-state index contributed by atoms with van der Waals surface area (Å²) in [6.45, 7) is 0. The average molecular weight is 411 g/mol. The Balaban J connectivity index is 0.000000169. The van der Waals surface area contributed by atoms with Crippen molar-refractivity contribution in [3.63, 3.8) is 0 Å². The van der Waals surface area contributed by atoms with E-state index in [0.717, 1.165) is 6.07 Å². The summed E-state index contributed by atoms with van der Waals surface area (Å²) >= 11 is 0. The highest BCUT2D eigenvalue weighted by atomic mass is 19.1. The number of nitro benzene ring substituents is 1. The van der Waals surface area contributed by atoms with Gasteiger partial charge in [-0.05, 0) is 6.07 Å². The number of ketones is 2. The quantitative estimate of drug-likeness (QED) is 0.319. The van der Waals surface area contributed by atoms with Crippen LogP contribution in [0.1, 0.15) is 20.7 Å². The van der Waals surface area contributed by atoms with Crippen LogP contribution in [0.25, 0.3) is 0 Å². The van der Waals surface area contributed by atoms with Gasteiger partial charge in [0, 0.05) is 12.1 Å². The number of benzene rings is 2. The predicted octanol–water partition coefficient (Wildman–Crippen LogP) is 2.11. The first-order chi connectivity index (χ1) is 13.5. The molecule has 0 radical (unpaired) electrons. The Morgan fingerprint density at radius 2 is 1.28 bits per heavy atom. The molecule has 0 atom stereocenters. The van der Waals surface area contributed by atoms with Gasteiger partial charge in [-0.15, -0.1) is 0 Å². The maximum absolute atomic E-state index is 13.4. The van der Waals surface area contributed by atoms with Gasteiger partial charge in [0.05, 0.1) is 27.4 Å². The molecule has 9 nitrogen and oxygen atoms in total. The van der Waals surface area contributed by atoms with Gasteiger partial charge in [0.2, 0.25) is 11.6 Å². The second kappa shape index (κ2) is 6.78. The van der Waals surface area contributed by atoms with Crippen LogP contribution in [0, 0.1) is 33.4 Å². The Kier molecular flexibility index (Phi) is 4.58. The first kappa shape index (κ1) is 19.6. The number of anilines is 2. The van der Waals surface area contributed by atoms with Crippen molar-refractivity contribution in [1.29, 1.82) is 0 Å². The van der Waals surface area contributed by atoms with Gasteiger partial charge in [0.25, 0.3) is 23.4 Å². The Morgan fingerprint density at radius 1 is 0.759 bits per heavy atom. The summed E-state index contributed by atoms with van der Waals surface area (Å²) < 4.78 is 52.0. The summed E-state index contributed by atoms with van der Waals surface area (Å²) in [5.74, 6) is -9.22. The normalized spacial score (nSPS) is 13.9. The molecule has 2 N–H and O–H groups in total. The van der Waals surface area contributed by atoms with Crippen LogP contribution in [0.4, 0.5) is 34.6 Å². The molecular formula is C16H5F4N3O6. The van der Waals surface area contributed by atoms with E-state index in [4.69, 9.17) is 0 Å². The molecule has 0 saturated carbocycles. The molecule has 2 aromatic rings. The first-order valence-corrected chi connectivity index (χ1v) is 7.39. The fraction of sp³-hybridized carbons (Fsp3) is 0. The summed E-state index contributed by atoms with van der Waals surface area (Å²) in [6.07, 6.45) is 0. The second-order valence-electron chi connectivity index (χ2n) is 5.58. The molecule has 2 aliphatic heterocycles. The highest BCUT2D eigenvalue weighted by molar-refractivity contribution is 6.52. The van der Waals surface area contributed by atoms with E-state index in [0.29, 0.717) is 12.1 Å². The number of carbonyl (C=O) groups excluding carboxylic acids is 4. The largest absolute Gasteiger partial charge is 0.341 e. The van der Waals surface area contributed by atoms with Crippen LogP contribution in [0.2, 0.25) is 0 Å². The molecule has 2 heterocycles. The molecule has 2 aliphatic rings. The zero-order valence-electron chi connectivity index (χ0n) is 13.6. The zero-order valence-corrected chi connectivity index (χ0v) is 13.6. The highest BCUT2D eigenvalue weighted by Crippen LogP contribution is 2.33. The molecule has 0 fully saturated rings. The minimum absolute atomic E-state index is 0.104. The van der Waals surface area contributed by atoms with Crippen LogP contribution in [0.15, 0.2) is 18.2 Å². The van der Waals surface area contributed by atoms with Crippen LogP contribution in [-0.4, -0.2) is 28.3 Å². The van der Waals surface area contributed by atoms with Crippen molar-refractivity contribution in [1.82, 2.24) is 0 Å². The number of carbonyl (C=O) groups is 4. The highest BCUT2D eigenvalue weighted by Gasteiger charge is 2.38. The van der Waals surface area contributed by atoms with Gasteiger partial charge in [-0.25, -0.2) is 8.78 Å². The average Bonchev–Trinajstić information content (AvgIpc) is 3.03. The number of nitrogens with zero attached hydrogens (tertiary/aromatic N) is 1. The fourth-order valence-corrected chi connectivity index (χ4v) is 2.58. The lowest BCUT2D eigenvalue weighted by Crippen LogP contribution is -2.13. The van der Waals surface area contributed by atoms with E-state index in [1.54, 1.807) is 0 Å². The summed E-state index contributed by atoms with van der Waals surface area (Å²) in [7, 11) is 0. The maximum atomic E-state index is 13.4. The van der Waals surface area contributed by atoms with E-state index in [2.05, 4.69) is 5.32 Å². The number of hydrogen-bond donors (Lipinski definition) is 2. The molecule has 0 aliphatic carbocycles. The van der Waals surface area contributed by atoms with Crippen molar-refractivity contribution in [2.75, 3.05) is 10.6 Å². The minimum Gasteiger partial charge on any atom is -0.318 e. The lowest BCUT2D eigenvalue weighted by molar-refractivity contribution is -0.390. The van der Waals surface area contributed by atoms with Crippen LogP contribution in [0.3, 0.4) is 0 Å². The smallest absolute Gasteiger partial charge is 0.318 e. The maximum Gasteiger partial charge on any atom is 0.341 e. The molecule has 148 valence electrons. The van der Waals surface area contributed by atoms with Gasteiger partial charge in [0.15, 0.2) is 0 Å². The van der Waals surface area contributed by atoms with Gasteiger partial charge < -0.3 is 10.6 Å². The lowest BCUT2D eigenvalue weighted by atomic mass is 10.1. The summed E-state index contributed by atoms with van der Waals surface area (Å²) in [4.78, 5) is 52.7. The van der Waals surface area contributed by atoms with Crippen LogP contribution in [-0.2, 0) is 9.59 Å². The van der Waals surface area contributed by atoms with Gasteiger partial charge >= 0.3 is 5.69 Å². The van der Waals surface area contributed by atoms with Crippen molar-refractivity contribution < 1.29 is 41.7 Å². The number of rotatable bonds is 1. The molecule has 0 saturated heterocycles. The van der Waals surface area contributed by atoms with E-state index in [9.17, 15) is 46.9 Å². The summed E-state index contributed by atoms with van der Waals surface area (Å²) in [5, 5.41) is 14.3. The summed E-state index contributed by atoms with van der Waals surface area (Å²) in [6, 6.07) is 2.01. The van der Waals surface area contributed by atoms with Gasteiger partial charge in [-0.3, -0.25) is 29.3 Å². The third-order valence-electron chi connectivity index (χ3n) is 3.79. The standard InChI is InChI=1S/C8H2F2N2O4.C8H3F2NO2/c9-2-1-3-4(7(13)8(14)11-3)5(10)6(2)12(15)16;9-3-1-4(10)6-5(2-3)11-8(13)7(6)12/h1H,(H,11,13,14);1-2H,(H,11,12,13). The lowest BCUT2D eigenvalue weighted by Gasteiger charge is -2.00. The van der Waals surface area contributed by atoms with Crippen molar-refractivity contribution in [3.05, 3.63) is 62.7 Å². The SMILES string of the molecule is O=C1Nc2cc(F)c([N+](=O)[O-])c(F)c2C1=O.O=C1Nc2cc(F)cc(F)c2C1=O. The van der Waals surface area contributed by atoms with Gasteiger partial charge in [-0.2, -0.15) is 8.78 Å². The van der Waals surface area contributed by atoms with Crippen molar-refractivity contribution in [2.24, 2.45) is 0 Å². The number of halogens is 4. The molecule has 2 aromatic carbocycles. The number of hydrogen-bond acceptors (Lipinski definition) is 6. The van der Waals surface area contributed by atoms with Crippen LogP contribution >= 0.6 is 0 Å². The minimum atomic E-state index is -1.64. The summed E-state index contributed by atoms with van der Waals surface area (Å²) in [5.41, 5.74) is -3.11. The fourth-order valence-electron chi connectivity index (χ4n) is 2.58. The van der Waals surface area contributed by atoms with E-state index in [-0.39, 0.29) is 11.3 Å². The molecule has 2 amide bonds. The molecule has 0 aromatic heterocycles. The third kappa shape index (κ3) is 3.18. The van der Waals surface area contributed by atoms with Gasteiger partial charge in [-0.1, -0.05) is 0 Å².